The largest absolute Gasteiger partial charge is 0.298 e. The van der Waals surface area contributed by atoms with Gasteiger partial charge in [-0.2, -0.15) is 0 Å². The third kappa shape index (κ3) is 2.66. The van der Waals surface area contributed by atoms with Gasteiger partial charge in [-0.1, -0.05) is 41.7 Å². The van der Waals surface area contributed by atoms with Gasteiger partial charge in [0.2, 0.25) is 0 Å². The van der Waals surface area contributed by atoms with Gasteiger partial charge in [0.05, 0.1) is 10.2 Å². The fourth-order valence-electron chi connectivity index (χ4n) is 2.45. The molecule has 0 radical (unpaired) electrons. The maximum absolute atomic E-state index is 13.2. The molecule has 3 aromatic carbocycles. The van der Waals surface area contributed by atoms with Gasteiger partial charge in [-0.15, -0.1) is 0 Å². The van der Waals surface area contributed by atoms with Crippen LogP contribution in [0.1, 0.15) is 10.4 Å². The number of carbonyl (C=O) groups is 1. The Labute approximate surface area is 135 Å². The third-order valence-electron chi connectivity index (χ3n) is 3.58. The molecule has 0 aliphatic carbocycles. The van der Waals surface area contributed by atoms with Gasteiger partial charge in [-0.25, -0.2) is 9.37 Å². The molecule has 0 fully saturated rings. The van der Waals surface area contributed by atoms with Gasteiger partial charge in [-0.05, 0) is 41.1 Å². The van der Waals surface area contributed by atoms with Gasteiger partial charge >= 0.3 is 0 Å². The molecule has 0 saturated heterocycles. The van der Waals surface area contributed by atoms with Crippen LogP contribution >= 0.6 is 11.3 Å². The quantitative estimate of drug-likeness (QED) is 0.574. The highest BCUT2D eigenvalue weighted by Gasteiger charge is 2.11. The zero-order chi connectivity index (χ0) is 15.8. The smallest absolute Gasteiger partial charge is 0.257 e. The van der Waals surface area contributed by atoms with Crippen molar-refractivity contribution in [3.63, 3.8) is 0 Å². The molecule has 1 heterocycles. The summed E-state index contributed by atoms with van der Waals surface area (Å²) < 4.78 is 13.9. The van der Waals surface area contributed by atoms with E-state index >= 15 is 0 Å². The van der Waals surface area contributed by atoms with Crippen LogP contribution in [0.3, 0.4) is 0 Å². The first-order chi connectivity index (χ1) is 11.2. The van der Waals surface area contributed by atoms with Crippen LogP contribution in [0, 0.1) is 5.82 Å². The van der Waals surface area contributed by atoms with Crippen molar-refractivity contribution < 1.29 is 9.18 Å². The average Bonchev–Trinajstić information content (AvgIpc) is 2.95. The minimum absolute atomic E-state index is 0.227. The summed E-state index contributed by atoms with van der Waals surface area (Å²) >= 11 is 1.26. The molecular formula is C18H11FN2OS. The highest BCUT2D eigenvalue weighted by molar-refractivity contribution is 7.22. The molecule has 0 atom stereocenters. The maximum atomic E-state index is 13.2. The Bertz CT molecular complexity index is 1040. The fourth-order valence-corrected chi connectivity index (χ4v) is 3.34. The van der Waals surface area contributed by atoms with Crippen molar-refractivity contribution in [1.82, 2.24) is 4.98 Å². The number of hydrogen-bond donors (Lipinski definition) is 1. The number of nitrogens with zero attached hydrogens (tertiary/aromatic N) is 1. The molecule has 4 rings (SSSR count). The summed E-state index contributed by atoms with van der Waals surface area (Å²) in [4.78, 5) is 16.7. The Balaban J connectivity index is 1.64. The number of amides is 1. The van der Waals surface area contributed by atoms with Gasteiger partial charge in [0.15, 0.2) is 5.13 Å². The molecule has 1 N–H and O–H groups in total. The summed E-state index contributed by atoms with van der Waals surface area (Å²) in [5.41, 5.74) is 1.24. The number of rotatable bonds is 2. The summed E-state index contributed by atoms with van der Waals surface area (Å²) in [5, 5.41) is 5.33. The Morgan fingerprint density at radius 2 is 1.83 bits per heavy atom. The SMILES string of the molecule is O=C(Nc1nc2ccc(F)cc2s1)c1ccc2ccccc2c1. The minimum atomic E-state index is -0.312. The van der Waals surface area contributed by atoms with E-state index in [2.05, 4.69) is 10.3 Å². The fraction of sp³-hybridized carbons (Fsp3) is 0. The van der Waals surface area contributed by atoms with Crippen molar-refractivity contribution in [3.8, 4) is 0 Å². The summed E-state index contributed by atoms with van der Waals surface area (Å²) in [6.45, 7) is 0. The summed E-state index contributed by atoms with van der Waals surface area (Å²) in [7, 11) is 0. The van der Waals surface area contributed by atoms with Crippen LogP contribution in [0.5, 0.6) is 0 Å². The monoisotopic (exact) mass is 322 g/mol. The van der Waals surface area contributed by atoms with E-state index in [9.17, 15) is 9.18 Å². The van der Waals surface area contributed by atoms with Crippen LogP contribution in [-0.2, 0) is 0 Å². The lowest BCUT2D eigenvalue weighted by atomic mass is 10.1. The van der Waals surface area contributed by atoms with E-state index in [1.54, 1.807) is 12.1 Å². The van der Waals surface area contributed by atoms with E-state index in [1.807, 2.05) is 36.4 Å². The first-order valence-electron chi connectivity index (χ1n) is 7.05. The molecule has 1 aromatic heterocycles. The van der Waals surface area contributed by atoms with Crippen molar-refractivity contribution in [3.05, 3.63) is 72.0 Å². The lowest BCUT2D eigenvalue weighted by Gasteiger charge is -2.03. The number of aromatic nitrogens is 1. The number of fused-ring (bicyclic) bond motifs is 2. The number of nitrogens with one attached hydrogen (secondary N) is 1. The number of halogens is 1. The van der Waals surface area contributed by atoms with E-state index < -0.39 is 0 Å². The predicted octanol–water partition coefficient (Wildman–Crippen LogP) is 4.84. The lowest BCUT2D eigenvalue weighted by Crippen LogP contribution is -2.11. The average molecular weight is 322 g/mol. The Kier molecular flexibility index (Phi) is 3.28. The van der Waals surface area contributed by atoms with Gasteiger partial charge in [0.25, 0.3) is 5.91 Å². The van der Waals surface area contributed by atoms with Crippen molar-refractivity contribution in [2.75, 3.05) is 5.32 Å². The molecule has 0 unspecified atom stereocenters. The minimum Gasteiger partial charge on any atom is -0.298 e. The number of benzene rings is 3. The summed E-state index contributed by atoms with van der Waals surface area (Å²) in [6, 6.07) is 17.8. The highest BCUT2D eigenvalue weighted by Crippen LogP contribution is 2.27. The summed E-state index contributed by atoms with van der Waals surface area (Å²) in [5.74, 6) is -0.538. The second kappa shape index (κ2) is 5.44. The zero-order valence-corrected chi connectivity index (χ0v) is 12.7. The molecule has 1 amide bonds. The predicted molar refractivity (Wildman–Crippen MR) is 91.5 cm³/mol. The van der Waals surface area contributed by atoms with Gasteiger partial charge in [-0.3, -0.25) is 10.1 Å². The van der Waals surface area contributed by atoms with E-state index in [0.717, 1.165) is 10.8 Å². The molecule has 0 bridgehead atoms. The lowest BCUT2D eigenvalue weighted by molar-refractivity contribution is 0.102. The Morgan fingerprint density at radius 3 is 2.70 bits per heavy atom. The zero-order valence-electron chi connectivity index (χ0n) is 11.9. The number of thiazole rings is 1. The second-order valence-corrected chi connectivity index (χ2v) is 6.18. The first kappa shape index (κ1) is 13.8. The highest BCUT2D eigenvalue weighted by atomic mass is 32.1. The Hall–Kier alpha value is -2.79. The van der Waals surface area contributed by atoms with Crippen LogP contribution < -0.4 is 5.32 Å². The molecule has 3 nitrogen and oxygen atoms in total. The van der Waals surface area contributed by atoms with Crippen LogP contribution in [0.25, 0.3) is 21.0 Å². The number of hydrogen-bond acceptors (Lipinski definition) is 3. The van der Waals surface area contributed by atoms with E-state index in [4.69, 9.17) is 0 Å². The van der Waals surface area contributed by atoms with E-state index in [-0.39, 0.29) is 11.7 Å². The molecular weight excluding hydrogens is 311 g/mol. The molecule has 0 aliphatic heterocycles. The number of carbonyl (C=O) groups excluding carboxylic acids is 1. The molecule has 4 aromatic rings. The second-order valence-electron chi connectivity index (χ2n) is 5.15. The van der Waals surface area contributed by atoms with Crippen LogP contribution in [0.4, 0.5) is 9.52 Å². The molecule has 0 spiro atoms. The van der Waals surface area contributed by atoms with Crippen LogP contribution in [0.2, 0.25) is 0 Å². The van der Waals surface area contributed by atoms with Crippen molar-refractivity contribution in [2.45, 2.75) is 0 Å². The van der Waals surface area contributed by atoms with Gasteiger partial charge in [0.1, 0.15) is 5.82 Å². The van der Waals surface area contributed by atoms with Crippen molar-refractivity contribution in [2.24, 2.45) is 0 Å². The van der Waals surface area contributed by atoms with E-state index in [0.29, 0.717) is 20.9 Å². The molecule has 112 valence electrons. The Morgan fingerprint density at radius 1 is 1.00 bits per heavy atom. The van der Waals surface area contributed by atoms with Crippen molar-refractivity contribution in [1.29, 1.82) is 0 Å². The molecule has 23 heavy (non-hydrogen) atoms. The molecule has 0 saturated carbocycles. The number of anilines is 1. The van der Waals surface area contributed by atoms with E-state index in [1.165, 1.54) is 23.5 Å². The van der Waals surface area contributed by atoms with Crippen LogP contribution in [0.15, 0.2) is 60.7 Å². The molecule has 5 heteroatoms. The van der Waals surface area contributed by atoms with Crippen molar-refractivity contribution >= 4 is 43.4 Å². The standard InChI is InChI=1S/C18H11FN2OS/c19-14-7-8-15-16(10-14)23-18(20-15)21-17(22)13-6-5-11-3-1-2-4-12(11)9-13/h1-10H,(H,20,21,22). The topological polar surface area (TPSA) is 42.0 Å². The molecule has 0 aliphatic rings. The van der Waals surface area contributed by atoms with Crippen LogP contribution in [-0.4, -0.2) is 10.9 Å². The van der Waals surface area contributed by atoms with Gasteiger partial charge < -0.3 is 0 Å². The third-order valence-corrected chi connectivity index (χ3v) is 4.52. The summed E-state index contributed by atoms with van der Waals surface area (Å²) in [6.07, 6.45) is 0. The maximum Gasteiger partial charge on any atom is 0.257 e. The van der Waals surface area contributed by atoms with Gasteiger partial charge in [0, 0.05) is 5.56 Å². The first-order valence-corrected chi connectivity index (χ1v) is 7.87. The normalized spacial score (nSPS) is 11.0.